The minimum atomic E-state index is -0.390. The predicted molar refractivity (Wildman–Crippen MR) is 130 cm³/mol. The summed E-state index contributed by atoms with van der Waals surface area (Å²) in [6.07, 6.45) is 0. The molecule has 166 valence electrons. The molecule has 0 atom stereocenters. The summed E-state index contributed by atoms with van der Waals surface area (Å²) >= 11 is 0. The molecular weight excluding hydrogens is 412 g/mol. The molecule has 0 saturated heterocycles. The normalized spacial score (nSPS) is 10.5. The van der Waals surface area contributed by atoms with Crippen LogP contribution in [0.25, 0.3) is 11.1 Å². The fraction of sp³-hybridized carbons (Fsp3) is 0.138. The smallest absolute Gasteiger partial charge is 0.343 e. The minimum Gasteiger partial charge on any atom is -0.493 e. The summed E-state index contributed by atoms with van der Waals surface area (Å²) in [4.78, 5) is 12.7. The van der Waals surface area contributed by atoms with Gasteiger partial charge in [0.2, 0.25) is 0 Å². The summed E-state index contributed by atoms with van der Waals surface area (Å²) in [6, 6.07) is 28.9. The van der Waals surface area contributed by atoms with E-state index >= 15 is 0 Å². The first-order valence-electron chi connectivity index (χ1n) is 10.8. The molecule has 0 aliphatic rings. The maximum absolute atomic E-state index is 12.7. The van der Waals surface area contributed by atoms with E-state index in [0.29, 0.717) is 29.4 Å². The highest BCUT2D eigenvalue weighted by molar-refractivity contribution is 5.91. The van der Waals surface area contributed by atoms with Gasteiger partial charge in [0.15, 0.2) is 11.5 Å². The number of hydrogen-bond acceptors (Lipinski definition) is 4. The van der Waals surface area contributed by atoms with Crippen molar-refractivity contribution in [2.24, 2.45) is 0 Å². The van der Waals surface area contributed by atoms with E-state index in [-0.39, 0.29) is 0 Å². The summed E-state index contributed by atoms with van der Waals surface area (Å²) in [5, 5.41) is 0. The van der Waals surface area contributed by atoms with Crippen molar-refractivity contribution in [1.29, 1.82) is 0 Å². The lowest BCUT2D eigenvalue weighted by atomic mass is 10.0. The molecule has 4 rings (SSSR count). The summed E-state index contributed by atoms with van der Waals surface area (Å²) in [5.41, 5.74) is 5.77. The summed E-state index contributed by atoms with van der Waals surface area (Å²) in [5.74, 6) is 1.52. The zero-order valence-electron chi connectivity index (χ0n) is 19.0. The van der Waals surface area contributed by atoms with E-state index in [1.54, 1.807) is 19.2 Å². The third kappa shape index (κ3) is 5.42. The maximum atomic E-state index is 12.7. The van der Waals surface area contributed by atoms with Gasteiger partial charge in [-0.05, 0) is 72.5 Å². The van der Waals surface area contributed by atoms with Gasteiger partial charge in [-0.1, -0.05) is 60.2 Å². The second-order valence-corrected chi connectivity index (χ2v) is 7.87. The molecule has 4 nitrogen and oxygen atoms in total. The molecule has 0 aliphatic heterocycles. The lowest BCUT2D eigenvalue weighted by molar-refractivity contribution is 0.0733. The van der Waals surface area contributed by atoms with Crippen LogP contribution in [0.3, 0.4) is 0 Å². The number of rotatable bonds is 7. The van der Waals surface area contributed by atoms with Crippen LogP contribution < -0.4 is 14.2 Å². The van der Waals surface area contributed by atoms with Crippen molar-refractivity contribution in [2.75, 3.05) is 7.11 Å². The molecule has 0 radical (unpaired) electrons. The number of benzene rings is 4. The van der Waals surface area contributed by atoms with Crippen LogP contribution in [0, 0.1) is 13.8 Å². The number of aryl methyl sites for hydroxylation is 2. The molecule has 0 amide bonds. The van der Waals surface area contributed by atoms with Crippen molar-refractivity contribution in [3.8, 4) is 28.4 Å². The average Bonchev–Trinajstić information content (AvgIpc) is 2.85. The highest BCUT2D eigenvalue weighted by Gasteiger charge is 2.12. The molecular formula is C29H26O4. The van der Waals surface area contributed by atoms with Crippen LogP contribution in [-0.2, 0) is 6.61 Å². The number of ether oxygens (including phenoxy) is 3. The largest absolute Gasteiger partial charge is 0.493 e. The molecule has 0 aliphatic carbocycles. The van der Waals surface area contributed by atoms with Gasteiger partial charge in [-0.15, -0.1) is 0 Å². The van der Waals surface area contributed by atoms with Gasteiger partial charge in [0.1, 0.15) is 12.4 Å². The maximum Gasteiger partial charge on any atom is 0.343 e. The zero-order chi connectivity index (χ0) is 23.2. The van der Waals surface area contributed by atoms with E-state index in [1.165, 1.54) is 5.56 Å². The van der Waals surface area contributed by atoms with E-state index in [2.05, 4.69) is 31.2 Å². The van der Waals surface area contributed by atoms with E-state index in [4.69, 9.17) is 14.2 Å². The average molecular weight is 439 g/mol. The van der Waals surface area contributed by atoms with Crippen LogP contribution in [-0.4, -0.2) is 13.1 Å². The molecule has 0 heterocycles. The van der Waals surface area contributed by atoms with Crippen LogP contribution in [0.2, 0.25) is 0 Å². The summed E-state index contributed by atoms with van der Waals surface area (Å²) in [6.45, 7) is 4.38. The van der Waals surface area contributed by atoms with Crippen LogP contribution in [0.1, 0.15) is 27.0 Å². The number of esters is 1. The lowest BCUT2D eigenvalue weighted by Gasteiger charge is -2.11. The van der Waals surface area contributed by atoms with Crippen LogP contribution in [0.15, 0.2) is 91.0 Å². The molecule has 0 unspecified atom stereocenters. The third-order valence-electron chi connectivity index (χ3n) is 5.42. The van der Waals surface area contributed by atoms with Crippen molar-refractivity contribution in [3.63, 3.8) is 0 Å². The van der Waals surface area contributed by atoms with Gasteiger partial charge in [-0.3, -0.25) is 0 Å². The van der Waals surface area contributed by atoms with Gasteiger partial charge in [-0.2, -0.15) is 0 Å². The minimum absolute atomic E-state index is 0.370. The first kappa shape index (κ1) is 22.2. The van der Waals surface area contributed by atoms with Gasteiger partial charge >= 0.3 is 5.97 Å². The molecule has 0 spiro atoms. The molecule has 4 aromatic carbocycles. The van der Waals surface area contributed by atoms with E-state index in [0.717, 1.165) is 22.3 Å². The zero-order valence-corrected chi connectivity index (χ0v) is 19.0. The lowest BCUT2D eigenvalue weighted by Crippen LogP contribution is -2.09. The second kappa shape index (κ2) is 10.0. The first-order chi connectivity index (χ1) is 16.0. The van der Waals surface area contributed by atoms with Crippen LogP contribution in [0.5, 0.6) is 17.2 Å². The van der Waals surface area contributed by atoms with E-state index in [1.807, 2.05) is 61.5 Å². The molecule has 4 heteroatoms. The van der Waals surface area contributed by atoms with E-state index < -0.39 is 5.97 Å². The molecule has 33 heavy (non-hydrogen) atoms. The number of para-hydroxylation sites is 2. The van der Waals surface area contributed by atoms with Crippen LogP contribution in [0.4, 0.5) is 0 Å². The van der Waals surface area contributed by atoms with Gasteiger partial charge in [0, 0.05) is 0 Å². The Morgan fingerprint density at radius 2 is 1.39 bits per heavy atom. The standard InChI is InChI=1S/C29H26O4/c1-20-8-12-23(13-9-20)25-16-17-26(21(2)18-25)33-29(30)24-14-10-22(11-15-24)19-32-28-7-5-4-6-27(28)31-3/h4-18H,19H2,1-3H3. The molecule has 0 aromatic heterocycles. The van der Waals surface area contributed by atoms with E-state index in [9.17, 15) is 4.79 Å². The molecule has 0 N–H and O–H groups in total. The fourth-order valence-corrected chi connectivity index (χ4v) is 3.48. The van der Waals surface area contributed by atoms with Gasteiger partial charge < -0.3 is 14.2 Å². The Morgan fingerprint density at radius 1 is 0.727 bits per heavy atom. The predicted octanol–water partition coefficient (Wildman–Crippen LogP) is 6.78. The third-order valence-corrected chi connectivity index (χ3v) is 5.42. The Labute approximate surface area is 194 Å². The Morgan fingerprint density at radius 3 is 2.06 bits per heavy atom. The van der Waals surface area contributed by atoms with Crippen molar-refractivity contribution < 1.29 is 19.0 Å². The van der Waals surface area contributed by atoms with Gasteiger partial charge in [-0.25, -0.2) is 4.79 Å². The van der Waals surface area contributed by atoms with Crippen LogP contribution >= 0.6 is 0 Å². The van der Waals surface area contributed by atoms with Crippen molar-refractivity contribution in [2.45, 2.75) is 20.5 Å². The molecule has 4 aromatic rings. The number of carbonyl (C=O) groups excluding carboxylic acids is 1. The summed E-state index contributed by atoms with van der Waals surface area (Å²) in [7, 11) is 1.61. The Balaban J connectivity index is 1.40. The van der Waals surface area contributed by atoms with Gasteiger partial charge in [0.05, 0.1) is 12.7 Å². The second-order valence-electron chi connectivity index (χ2n) is 7.87. The number of methoxy groups -OCH3 is 1. The SMILES string of the molecule is COc1ccccc1OCc1ccc(C(=O)Oc2ccc(-c3ccc(C)cc3)cc2C)cc1. The summed E-state index contributed by atoms with van der Waals surface area (Å²) < 4.78 is 16.8. The molecule has 0 fully saturated rings. The Kier molecular flexibility index (Phi) is 6.75. The van der Waals surface area contributed by atoms with Gasteiger partial charge in [0.25, 0.3) is 0 Å². The molecule has 0 saturated carbocycles. The molecule has 0 bridgehead atoms. The Hall–Kier alpha value is -4.05. The first-order valence-corrected chi connectivity index (χ1v) is 10.8. The quantitative estimate of drug-likeness (QED) is 0.236. The Bertz CT molecular complexity index is 1240. The highest BCUT2D eigenvalue weighted by Crippen LogP contribution is 2.28. The monoisotopic (exact) mass is 438 g/mol. The highest BCUT2D eigenvalue weighted by atomic mass is 16.5. The fourth-order valence-electron chi connectivity index (χ4n) is 3.48. The number of carbonyl (C=O) groups is 1. The topological polar surface area (TPSA) is 44.8 Å². The van der Waals surface area contributed by atoms with Crippen molar-refractivity contribution in [1.82, 2.24) is 0 Å². The number of hydrogen-bond donors (Lipinski definition) is 0. The van der Waals surface area contributed by atoms with Crippen molar-refractivity contribution in [3.05, 3.63) is 113 Å². The van der Waals surface area contributed by atoms with Crippen molar-refractivity contribution >= 4 is 5.97 Å².